The molecular weight excluding hydrogens is 345 g/mol. The molecule has 2 rings (SSSR count). The summed E-state index contributed by atoms with van der Waals surface area (Å²) >= 11 is 9.22. The van der Waals surface area contributed by atoms with Crippen molar-refractivity contribution in [3.05, 3.63) is 57.3 Å². The smallest absolute Gasteiger partial charge is 0.132 e. The van der Waals surface area contributed by atoms with Crippen molar-refractivity contribution >= 4 is 27.5 Å². The molecule has 0 bridgehead atoms. The SMILES string of the molecule is CC(N)Cc1ccc(Cl)cc1Oc1cc(F)cc(Br)c1. The molecule has 20 heavy (non-hydrogen) atoms. The Morgan fingerprint density at radius 2 is 2.05 bits per heavy atom. The lowest BCUT2D eigenvalue weighted by Crippen LogP contribution is -2.18. The Morgan fingerprint density at radius 3 is 2.70 bits per heavy atom. The number of hydrogen-bond acceptors (Lipinski definition) is 2. The summed E-state index contributed by atoms with van der Waals surface area (Å²) < 4.78 is 19.7. The maximum atomic E-state index is 13.4. The fourth-order valence-corrected chi connectivity index (χ4v) is 2.46. The average molecular weight is 359 g/mol. The zero-order chi connectivity index (χ0) is 14.7. The number of nitrogens with two attached hydrogens (primary N) is 1. The fourth-order valence-electron chi connectivity index (χ4n) is 1.85. The van der Waals surface area contributed by atoms with E-state index in [4.69, 9.17) is 22.1 Å². The Balaban J connectivity index is 2.33. The molecule has 1 atom stereocenters. The summed E-state index contributed by atoms with van der Waals surface area (Å²) in [4.78, 5) is 0. The number of benzene rings is 2. The summed E-state index contributed by atoms with van der Waals surface area (Å²) in [7, 11) is 0. The van der Waals surface area contributed by atoms with E-state index in [-0.39, 0.29) is 11.9 Å². The maximum absolute atomic E-state index is 13.4. The Labute approximate surface area is 130 Å². The monoisotopic (exact) mass is 357 g/mol. The third-order valence-corrected chi connectivity index (χ3v) is 3.33. The molecule has 0 heterocycles. The van der Waals surface area contributed by atoms with Crippen LogP contribution in [-0.2, 0) is 6.42 Å². The second-order valence-electron chi connectivity index (χ2n) is 4.64. The van der Waals surface area contributed by atoms with Gasteiger partial charge in [0.2, 0.25) is 0 Å². The highest BCUT2D eigenvalue weighted by atomic mass is 79.9. The lowest BCUT2D eigenvalue weighted by atomic mass is 10.1. The molecule has 2 N–H and O–H groups in total. The molecule has 0 aliphatic heterocycles. The van der Waals surface area contributed by atoms with Crippen LogP contribution in [0.3, 0.4) is 0 Å². The molecule has 2 aromatic rings. The zero-order valence-corrected chi connectivity index (χ0v) is 13.2. The van der Waals surface area contributed by atoms with Crippen LogP contribution in [0.4, 0.5) is 4.39 Å². The van der Waals surface area contributed by atoms with E-state index in [1.807, 2.05) is 13.0 Å². The Morgan fingerprint density at radius 1 is 1.30 bits per heavy atom. The van der Waals surface area contributed by atoms with Crippen LogP contribution < -0.4 is 10.5 Å². The second kappa shape index (κ2) is 6.57. The van der Waals surface area contributed by atoms with E-state index in [1.165, 1.54) is 12.1 Å². The molecule has 0 radical (unpaired) electrons. The van der Waals surface area contributed by atoms with Gasteiger partial charge in [0.05, 0.1) is 0 Å². The van der Waals surface area contributed by atoms with Gasteiger partial charge in [0.15, 0.2) is 0 Å². The van der Waals surface area contributed by atoms with Gasteiger partial charge >= 0.3 is 0 Å². The number of halogens is 3. The minimum Gasteiger partial charge on any atom is -0.457 e. The van der Waals surface area contributed by atoms with Gasteiger partial charge in [0, 0.05) is 21.6 Å². The minimum absolute atomic E-state index is 0.00206. The third kappa shape index (κ3) is 4.20. The maximum Gasteiger partial charge on any atom is 0.132 e. The Bertz CT molecular complexity index is 599. The van der Waals surface area contributed by atoms with E-state index in [0.29, 0.717) is 27.4 Å². The van der Waals surface area contributed by atoms with Gasteiger partial charge in [-0.1, -0.05) is 33.6 Å². The lowest BCUT2D eigenvalue weighted by Gasteiger charge is -2.13. The fraction of sp³-hybridized carbons (Fsp3) is 0.200. The zero-order valence-electron chi connectivity index (χ0n) is 10.9. The highest BCUT2D eigenvalue weighted by Gasteiger charge is 2.09. The van der Waals surface area contributed by atoms with Crippen LogP contribution in [0.2, 0.25) is 5.02 Å². The normalized spacial score (nSPS) is 12.2. The first-order chi connectivity index (χ1) is 9.44. The van der Waals surface area contributed by atoms with Crippen molar-refractivity contribution in [3.8, 4) is 11.5 Å². The molecule has 0 fully saturated rings. The predicted octanol–water partition coefficient (Wildman–Crippen LogP) is 4.92. The summed E-state index contributed by atoms with van der Waals surface area (Å²) in [5.41, 5.74) is 6.75. The largest absolute Gasteiger partial charge is 0.457 e. The molecule has 0 amide bonds. The first kappa shape index (κ1) is 15.3. The highest BCUT2D eigenvalue weighted by molar-refractivity contribution is 9.10. The standard InChI is InChI=1S/C15H14BrClFNO/c1-9(19)4-10-2-3-12(17)7-15(10)20-14-6-11(16)5-13(18)8-14/h2-3,5-9H,4,19H2,1H3. The summed E-state index contributed by atoms with van der Waals surface area (Å²) in [6.45, 7) is 1.91. The van der Waals surface area contributed by atoms with Crippen LogP contribution in [0.15, 0.2) is 40.9 Å². The molecule has 0 aliphatic rings. The average Bonchev–Trinajstić information content (AvgIpc) is 2.31. The van der Waals surface area contributed by atoms with Crippen molar-refractivity contribution in [1.29, 1.82) is 0 Å². The molecule has 0 spiro atoms. The molecule has 2 nitrogen and oxygen atoms in total. The van der Waals surface area contributed by atoms with Gasteiger partial charge in [-0.3, -0.25) is 0 Å². The first-order valence-corrected chi connectivity index (χ1v) is 7.29. The van der Waals surface area contributed by atoms with E-state index in [1.54, 1.807) is 18.2 Å². The number of hydrogen-bond donors (Lipinski definition) is 1. The second-order valence-corrected chi connectivity index (χ2v) is 5.99. The van der Waals surface area contributed by atoms with Gasteiger partial charge < -0.3 is 10.5 Å². The van der Waals surface area contributed by atoms with E-state index in [0.717, 1.165) is 5.56 Å². The van der Waals surface area contributed by atoms with Gasteiger partial charge in [-0.25, -0.2) is 4.39 Å². The summed E-state index contributed by atoms with van der Waals surface area (Å²) in [6, 6.07) is 9.74. The van der Waals surface area contributed by atoms with Gasteiger partial charge in [-0.05, 0) is 43.2 Å². The van der Waals surface area contributed by atoms with Gasteiger partial charge in [0.25, 0.3) is 0 Å². The molecule has 1 unspecified atom stereocenters. The molecule has 0 aromatic heterocycles. The summed E-state index contributed by atoms with van der Waals surface area (Å²) in [5, 5.41) is 0.559. The number of ether oxygens (including phenoxy) is 1. The van der Waals surface area contributed by atoms with E-state index in [2.05, 4.69) is 15.9 Å². The molecule has 0 saturated heterocycles. The predicted molar refractivity (Wildman–Crippen MR) is 83.0 cm³/mol. The van der Waals surface area contributed by atoms with Crippen molar-refractivity contribution < 1.29 is 9.13 Å². The summed E-state index contributed by atoms with van der Waals surface area (Å²) in [5.74, 6) is 0.627. The van der Waals surface area contributed by atoms with Crippen molar-refractivity contribution in [1.82, 2.24) is 0 Å². The highest BCUT2D eigenvalue weighted by Crippen LogP contribution is 2.31. The molecule has 5 heteroatoms. The first-order valence-electron chi connectivity index (χ1n) is 6.12. The van der Waals surface area contributed by atoms with Gasteiger partial charge in [-0.15, -0.1) is 0 Å². The van der Waals surface area contributed by atoms with Crippen LogP contribution in [0, 0.1) is 5.82 Å². The van der Waals surface area contributed by atoms with Crippen LogP contribution in [-0.4, -0.2) is 6.04 Å². The van der Waals surface area contributed by atoms with Crippen molar-refractivity contribution in [2.24, 2.45) is 5.73 Å². The third-order valence-electron chi connectivity index (χ3n) is 2.63. The van der Waals surface area contributed by atoms with Gasteiger partial charge in [0.1, 0.15) is 17.3 Å². The van der Waals surface area contributed by atoms with Crippen LogP contribution in [0.1, 0.15) is 12.5 Å². The molecule has 106 valence electrons. The van der Waals surface area contributed by atoms with Crippen molar-refractivity contribution in [3.63, 3.8) is 0 Å². The van der Waals surface area contributed by atoms with Crippen LogP contribution in [0.25, 0.3) is 0 Å². The summed E-state index contributed by atoms with van der Waals surface area (Å²) in [6.07, 6.45) is 0.656. The van der Waals surface area contributed by atoms with E-state index in [9.17, 15) is 4.39 Å². The molecular formula is C15H14BrClFNO. The van der Waals surface area contributed by atoms with Crippen LogP contribution in [0.5, 0.6) is 11.5 Å². The minimum atomic E-state index is -0.370. The van der Waals surface area contributed by atoms with Crippen molar-refractivity contribution in [2.75, 3.05) is 0 Å². The lowest BCUT2D eigenvalue weighted by molar-refractivity contribution is 0.468. The molecule has 2 aromatic carbocycles. The molecule has 0 aliphatic carbocycles. The Kier molecular flexibility index (Phi) is 5.02. The Hall–Kier alpha value is -1.10. The molecule has 0 saturated carbocycles. The van der Waals surface area contributed by atoms with E-state index >= 15 is 0 Å². The van der Waals surface area contributed by atoms with Crippen LogP contribution >= 0.6 is 27.5 Å². The quantitative estimate of drug-likeness (QED) is 0.841. The number of rotatable bonds is 4. The van der Waals surface area contributed by atoms with Crippen molar-refractivity contribution in [2.45, 2.75) is 19.4 Å². The van der Waals surface area contributed by atoms with E-state index < -0.39 is 0 Å². The topological polar surface area (TPSA) is 35.2 Å². The van der Waals surface area contributed by atoms with Gasteiger partial charge in [-0.2, -0.15) is 0 Å².